The SMILES string of the molecule is CNc1nc2ccc(NC(=O)c3ccccc3)cc2[nH]1. The largest absolute Gasteiger partial charge is 0.359 e. The number of hydrogen-bond donors (Lipinski definition) is 3. The van der Waals surface area contributed by atoms with Crippen molar-refractivity contribution in [3.8, 4) is 0 Å². The summed E-state index contributed by atoms with van der Waals surface area (Å²) >= 11 is 0. The number of fused-ring (bicyclic) bond motifs is 1. The summed E-state index contributed by atoms with van der Waals surface area (Å²) in [6.45, 7) is 0. The molecule has 3 aromatic rings. The molecule has 0 bridgehead atoms. The Kier molecular flexibility index (Phi) is 3.09. The minimum atomic E-state index is -0.127. The number of carbonyl (C=O) groups is 1. The number of hydrogen-bond acceptors (Lipinski definition) is 3. The fraction of sp³-hybridized carbons (Fsp3) is 0.0667. The smallest absolute Gasteiger partial charge is 0.255 e. The standard InChI is InChI=1S/C15H14N4O/c1-16-15-18-12-8-7-11(9-13(12)19-15)17-14(20)10-5-3-2-4-6-10/h2-9H,1H3,(H,17,20)(H2,16,18,19). The van der Waals surface area contributed by atoms with E-state index < -0.39 is 0 Å². The summed E-state index contributed by atoms with van der Waals surface area (Å²) in [6.07, 6.45) is 0. The molecule has 1 amide bonds. The van der Waals surface area contributed by atoms with Gasteiger partial charge in [0.1, 0.15) is 0 Å². The molecule has 0 aliphatic rings. The lowest BCUT2D eigenvalue weighted by Crippen LogP contribution is -2.11. The normalized spacial score (nSPS) is 10.4. The summed E-state index contributed by atoms with van der Waals surface area (Å²) in [6, 6.07) is 14.7. The molecule has 0 saturated heterocycles. The number of aromatic amines is 1. The van der Waals surface area contributed by atoms with Gasteiger partial charge in [0.25, 0.3) is 5.91 Å². The zero-order valence-corrected chi connectivity index (χ0v) is 11.0. The highest BCUT2D eigenvalue weighted by atomic mass is 16.1. The zero-order chi connectivity index (χ0) is 13.9. The molecular weight excluding hydrogens is 252 g/mol. The Balaban J connectivity index is 1.85. The summed E-state index contributed by atoms with van der Waals surface area (Å²) in [5.41, 5.74) is 3.10. The van der Waals surface area contributed by atoms with E-state index in [-0.39, 0.29) is 5.91 Å². The van der Waals surface area contributed by atoms with Crippen molar-refractivity contribution in [2.24, 2.45) is 0 Å². The molecule has 0 aliphatic heterocycles. The predicted molar refractivity (Wildman–Crippen MR) is 80.0 cm³/mol. The van der Waals surface area contributed by atoms with Crippen LogP contribution in [0.25, 0.3) is 11.0 Å². The molecule has 1 heterocycles. The molecule has 3 N–H and O–H groups in total. The van der Waals surface area contributed by atoms with Gasteiger partial charge in [0.15, 0.2) is 0 Å². The van der Waals surface area contributed by atoms with Crippen molar-refractivity contribution in [1.82, 2.24) is 9.97 Å². The van der Waals surface area contributed by atoms with Crippen molar-refractivity contribution in [2.75, 3.05) is 17.7 Å². The Morgan fingerprint density at radius 3 is 2.70 bits per heavy atom. The molecule has 0 unspecified atom stereocenters. The first-order chi connectivity index (χ1) is 9.76. The van der Waals surface area contributed by atoms with Gasteiger partial charge in [-0.2, -0.15) is 0 Å². The van der Waals surface area contributed by atoms with Crippen LogP contribution in [-0.2, 0) is 0 Å². The lowest BCUT2D eigenvalue weighted by Gasteiger charge is -2.04. The molecule has 0 aliphatic carbocycles. The van der Waals surface area contributed by atoms with E-state index in [9.17, 15) is 4.79 Å². The summed E-state index contributed by atoms with van der Waals surface area (Å²) in [7, 11) is 1.80. The maximum absolute atomic E-state index is 12.1. The van der Waals surface area contributed by atoms with E-state index in [4.69, 9.17) is 0 Å². The average molecular weight is 266 g/mol. The summed E-state index contributed by atoms with van der Waals surface area (Å²) in [5, 5.41) is 5.82. The van der Waals surface area contributed by atoms with Crippen molar-refractivity contribution in [3.63, 3.8) is 0 Å². The van der Waals surface area contributed by atoms with E-state index in [2.05, 4.69) is 20.6 Å². The van der Waals surface area contributed by atoms with Crippen LogP contribution in [0.15, 0.2) is 48.5 Å². The van der Waals surface area contributed by atoms with E-state index in [1.54, 1.807) is 19.2 Å². The molecule has 3 rings (SSSR count). The van der Waals surface area contributed by atoms with Crippen molar-refractivity contribution in [1.29, 1.82) is 0 Å². The molecule has 100 valence electrons. The van der Waals surface area contributed by atoms with Crippen molar-refractivity contribution < 1.29 is 4.79 Å². The van der Waals surface area contributed by atoms with Crippen LogP contribution in [0, 0.1) is 0 Å². The fourth-order valence-electron chi connectivity index (χ4n) is 2.00. The second-order valence-electron chi connectivity index (χ2n) is 4.39. The van der Waals surface area contributed by atoms with E-state index in [0.29, 0.717) is 11.5 Å². The number of aromatic nitrogens is 2. The van der Waals surface area contributed by atoms with E-state index in [1.165, 1.54) is 0 Å². The molecule has 2 aromatic carbocycles. The Morgan fingerprint density at radius 1 is 1.15 bits per heavy atom. The quantitative estimate of drug-likeness (QED) is 0.682. The minimum Gasteiger partial charge on any atom is -0.359 e. The summed E-state index contributed by atoms with van der Waals surface area (Å²) < 4.78 is 0. The second kappa shape index (κ2) is 5.05. The van der Waals surface area contributed by atoms with Gasteiger partial charge in [-0.3, -0.25) is 4.79 Å². The van der Waals surface area contributed by atoms with Gasteiger partial charge in [-0.15, -0.1) is 0 Å². The van der Waals surface area contributed by atoms with E-state index >= 15 is 0 Å². The number of carbonyl (C=O) groups excluding carboxylic acids is 1. The van der Waals surface area contributed by atoms with Crippen LogP contribution < -0.4 is 10.6 Å². The second-order valence-corrected chi connectivity index (χ2v) is 4.39. The number of amides is 1. The van der Waals surface area contributed by atoms with Crippen LogP contribution in [0.5, 0.6) is 0 Å². The molecule has 20 heavy (non-hydrogen) atoms. The zero-order valence-electron chi connectivity index (χ0n) is 11.0. The Hall–Kier alpha value is -2.82. The number of benzene rings is 2. The summed E-state index contributed by atoms with van der Waals surface area (Å²) in [4.78, 5) is 19.5. The molecular formula is C15H14N4O. The first kappa shape index (κ1) is 12.2. The number of H-pyrrole nitrogens is 1. The van der Waals surface area contributed by atoms with Crippen LogP contribution in [0.2, 0.25) is 0 Å². The maximum Gasteiger partial charge on any atom is 0.255 e. The fourth-order valence-corrected chi connectivity index (χ4v) is 2.00. The van der Waals surface area contributed by atoms with Gasteiger partial charge in [-0.05, 0) is 30.3 Å². The highest BCUT2D eigenvalue weighted by molar-refractivity contribution is 6.04. The topological polar surface area (TPSA) is 69.8 Å². The Morgan fingerprint density at radius 2 is 1.95 bits per heavy atom. The lowest BCUT2D eigenvalue weighted by atomic mass is 10.2. The summed E-state index contributed by atoms with van der Waals surface area (Å²) in [5.74, 6) is 0.574. The van der Waals surface area contributed by atoms with Gasteiger partial charge in [-0.25, -0.2) is 4.98 Å². The van der Waals surface area contributed by atoms with Crippen LogP contribution in [-0.4, -0.2) is 22.9 Å². The van der Waals surface area contributed by atoms with Gasteiger partial charge < -0.3 is 15.6 Å². The molecule has 0 atom stereocenters. The number of nitrogens with zero attached hydrogens (tertiary/aromatic N) is 1. The minimum absolute atomic E-state index is 0.127. The molecule has 5 nitrogen and oxygen atoms in total. The third-order valence-electron chi connectivity index (χ3n) is 3.01. The number of anilines is 2. The highest BCUT2D eigenvalue weighted by Crippen LogP contribution is 2.19. The Bertz CT molecular complexity index is 749. The van der Waals surface area contributed by atoms with Gasteiger partial charge in [-0.1, -0.05) is 18.2 Å². The highest BCUT2D eigenvalue weighted by Gasteiger charge is 2.07. The Labute approximate surface area is 116 Å². The molecule has 0 fully saturated rings. The average Bonchev–Trinajstić information content (AvgIpc) is 2.90. The van der Waals surface area contributed by atoms with E-state index in [1.807, 2.05) is 36.4 Å². The van der Waals surface area contributed by atoms with Crippen molar-refractivity contribution in [2.45, 2.75) is 0 Å². The number of imidazole rings is 1. The third-order valence-corrected chi connectivity index (χ3v) is 3.01. The van der Waals surface area contributed by atoms with Crippen LogP contribution in [0.4, 0.5) is 11.6 Å². The number of rotatable bonds is 3. The first-order valence-electron chi connectivity index (χ1n) is 6.30. The van der Waals surface area contributed by atoms with Gasteiger partial charge in [0.05, 0.1) is 11.0 Å². The maximum atomic E-state index is 12.1. The monoisotopic (exact) mass is 266 g/mol. The molecule has 0 radical (unpaired) electrons. The predicted octanol–water partition coefficient (Wildman–Crippen LogP) is 2.86. The van der Waals surface area contributed by atoms with Crippen molar-refractivity contribution in [3.05, 3.63) is 54.1 Å². The van der Waals surface area contributed by atoms with Crippen molar-refractivity contribution >= 4 is 28.6 Å². The molecule has 5 heteroatoms. The van der Waals surface area contributed by atoms with E-state index in [0.717, 1.165) is 16.7 Å². The van der Waals surface area contributed by atoms with Gasteiger partial charge in [0.2, 0.25) is 5.95 Å². The molecule has 0 saturated carbocycles. The molecule has 0 spiro atoms. The lowest BCUT2D eigenvalue weighted by molar-refractivity contribution is 0.102. The van der Waals surface area contributed by atoms with Crippen LogP contribution >= 0.6 is 0 Å². The third kappa shape index (κ3) is 2.33. The van der Waals surface area contributed by atoms with Crippen LogP contribution in [0.3, 0.4) is 0 Å². The molecule has 1 aromatic heterocycles. The number of nitrogens with one attached hydrogen (secondary N) is 3. The van der Waals surface area contributed by atoms with Crippen LogP contribution in [0.1, 0.15) is 10.4 Å². The van der Waals surface area contributed by atoms with Gasteiger partial charge in [0, 0.05) is 18.3 Å². The van der Waals surface area contributed by atoms with Gasteiger partial charge >= 0.3 is 0 Å². The first-order valence-corrected chi connectivity index (χ1v) is 6.30.